The number of alkyl halides is 1. The van der Waals surface area contributed by atoms with Crippen molar-refractivity contribution in [2.75, 3.05) is 0 Å². The van der Waals surface area contributed by atoms with Gasteiger partial charge in [0.2, 0.25) is 0 Å². The summed E-state index contributed by atoms with van der Waals surface area (Å²) in [6.45, 7) is 0. The highest BCUT2D eigenvalue weighted by Crippen LogP contribution is 2.24. The highest BCUT2D eigenvalue weighted by atomic mass is 127. The molecule has 0 fully saturated rings. The zero-order chi connectivity index (χ0) is 9.26. The minimum atomic E-state index is 0.810. The van der Waals surface area contributed by atoms with Gasteiger partial charge in [0.1, 0.15) is 0 Å². The summed E-state index contributed by atoms with van der Waals surface area (Å²) in [5.74, 6) is 0. The van der Waals surface area contributed by atoms with Crippen molar-refractivity contribution >= 4 is 45.0 Å². The molecule has 0 nitrogen and oxygen atoms in total. The first-order valence-electron chi connectivity index (χ1n) is 4.04. The molecule has 2 heteroatoms. The number of hydrogen-bond acceptors (Lipinski definition) is 0. The normalized spacial score (nSPS) is 10.6. The molecule has 13 heavy (non-hydrogen) atoms. The Kier molecular flexibility index (Phi) is 2.74. The zero-order valence-corrected chi connectivity index (χ0v) is 9.84. The molecule has 0 spiro atoms. The van der Waals surface area contributed by atoms with E-state index >= 15 is 0 Å². The van der Waals surface area contributed by atoms with E-state index in [4.69, 9.17) is 11.6 Å². The summed E-state index contributed by atoms with van der Waals surface area (Å²) < 4.78 is 1.02. The Bertz CT molecular complexity index is 437. The summed E-state index contributed by atoms with van der Waals surface area (Å²) in [5, 5.41) is 3.34. The van der Waals surface area contributed by atoms with Crippen molar-refractivity contribution in [2.24, 2.45) is 0 Å². The van der Waals surface area contributed by atoms with Crippen molar-refractivity contribution in [1.82, 2.24) is 0 Å². The van der Waals surface area contributed by atoms with Crippen LogP contribution in [-0.2, 0) is 4.43 Å². The van der Waals surface area contributed by atoms with E-state index < -0.39 is 0 Å². The van der Waals surface area contributed by atoms with Crippen molar-refractivity contribution in [1.29, 1.82) is 0 Å². The number of hydrogen-bond donors (Lipinski definition) is 0. The lowest BCUT2D eigenvalue weighted by molar-refractivity contribution is 1.51. The third-order valence-corrected chi connectivity index (χ3v) is 3.14. The zero-order valence-electron chi connectivity index (χ0n) is 6.93. The Labute approximate surface area is 96.0 Å². The van der Waals surface area contributed by atoms with Crippen LogP contribution >= 0.6 is 34.2 Å². The maximum absolute atomic E-state index is 5.95. The Balaban J connectivity index is 2.79. The van der Waals surface area contributed by atoms with Gasteiger partial charge in [-0.05, 0) is 28.5 Å². The fraction of sp³-hybridized carbons (Fsp3) is 0.0909. The number of benzene rings is 2. The first-order chi connectivity index (χ1) is 6.31. The van der Waals surface area contributed by atoms with Crippen LogP contribution in [0.4, 0.5) is 0 Å². The van der Waals surface area contributed by atoms with Crippen molar-refractivity contribution in [3.63, 3.8) is 0 Å². The molecule has 0 heterocycles. The van der Waals surface area contributed by atoms with Crippen LogP contribution in [0.5, 0.6) is 0 Å². The van der Waals surface area contributed by atoms with Crippen LogP contribution in [0.2, 0.25) is 5.02 Å². The largest absolute Gasteiger partial charge is 0.0843 e. The Hall–Kier alpha value is -0.280. The van der Waals surface area contributed by atoms with Crippen LogP contribution in [0.1, 0.15) is 5.56 Å². The van der Waals surface area contributed by atoms with Crippen LogP contribution in [-0.4, -0.2) is 0 Å². The molecule has 2 aromatic rings. The van der Waals surface area contributed by atoms with Gasteiger partial charge in [0.25, 0.3) is 0 Å². The van der Waals surface area contributed by atoms with E-state index in [2.05, 4.69) is 46.9 Å². The molecule has 0 aromatic heterocycles. The molecule has 0 aliphatic heterocycles. The van der Waals surface area contributed by atoms with Crippen molar-refractivity contribution in [2.45, 2.75) is 4.43 Å². The predicted molar refractivity (Wildman–Crippen MR) is 66.7 cm³/mol. The maximum Gasteiger partial charge on any atom is 0.0412 e. The van der Waals surface area contributed by atoms with Crippen molar-refractivity contribution < 1.29 is 0 Å². The molecule has 2 aromatic carbocycles. The molecule has 0 unspecified atom stereocenters. The van der Waals surface area contributed by atoms with Crippen LogP contribution in [0.15, 0.2) is 36.4 Å². The monoisotopic (exact) mass is 302 g/mol. The summed E-state index contributed by atoms with van der Waals surface area (Å²) in [6, 6.07) is 12.4. The summed E-state index contributed by atoms with van der Waals surface area (Å²) in [7, 11) is 0. The SMILES string of the molecule is Clc1ccc2cccc(CI)c2c1. The molecule has 66 valence electrons. The molecule has 0 amide bonds. The topological polar surface area (TPSA) is 0 Å². The highest BCUT2D eigenvalue weighted by molar-refractivity contribution is 14.1. The standard InChI is InChI=1S/C11H8ClI/c12-10-5-4-8-2-1-3-9(7-13)11(8)6-10/h1-6H,7H2. The minimum absolute atomic E-state index is 0.810. The van der Waals surface area contributed by atoms with E-state index in [-0.39, 0.29) is 0 Å². The molecule has 0 aliphatic carbocycles. The maximum atomic E-state index is 5.95. The molecule has 0 aliphatic rings. The second-order valence-electron chi connectivity index (χ2n) is 2.92. The van der Waals surface area contributed by atoms with Gasteiger partial charge in [-0.1, -0.05) is 58.5 Å². The van der Waals surface area contributed by atoms with E-state index in [0.717, 1.165) is 9.45 Å². The smallest absolute Gasteiger partial charge is 0.0412 e. The highest BCUT2D eigenvalue weighted by Gasteiger charge is 1.99. The molecule has 2 rings (SSSR count). The van der Waals surface area contributed by atoms with Crippen LogP contribution in [0, 0.1) is 0 Å². The van der Waals surface area contributed by atoms with Crippen LogP contribution in [0.25, 0.3) is 10.8 Å². The van der Waals surface area contributed by atoms with E-state index in [1.807, 2.05) is 12.1 Å². The Morgan fingerprint density at radius 1 is 1.15 bits per heavy atom. The lowest BCUT2D eigenvalue weighted by atomic mass is 10.1. The summed E-state index contributed by atoms with van der Waals surface area (Å²) in [6.07, 6.45) is 0. The van der Waals surface area contributed by atoms with E-state index in [1.54, 1.807) is 0 Å². The average Bonchev–Trinajstić information content (AvgIpc) is 2.17. The van der Waals surface area contributed by atoms with Crippen molar-refractivity contribution in [3.8, 4) is 0 Å². The lowest BCUT2D eigenvalue weighted by Gasteiger charge is -2.03. The predicted octanol–water partition coefficient (Wildman–Crippen LogP) is 4.43. The summed E-state index contributed by atoms with van der Waals surface area (Å²) in [4.78, 5) is 0. The first-order valence-corrected chi connectivity index (χ1v) is 5.95. The van der Waals surface area contributed by atoms with Gasteiger partial charge >= 0.3 is 0 Å². The third-order valence-electron chi connectivity index (χ3n) is 2.08. The van der Waals surface area contributed by atoms with E-state index in [1.165, 1.54) is 16.3 Å². The first kappa shape index (κ1) is 9.28. The molecule has 0 radical (unpaired) electrons. The van der Waals surface area contributed by atoms with E-state index in [0.29, 0.717) is 0 Å². The summed E-state index contributed by atoms with van der Waals surface area (Å²) >= 11 is 8.32. The molecule has 0 N–H and O–H groups in total. The Morgan fingerprint density at radius 3 is 2.77 bits per heavy atom. The fourth-order valence-corrected chi connectivity index (χ4v) is 2.26. The molecular formula is C11H8ClI. The summed E-state index contributed by atoms with van der Waals surface area (Å²) in [5.41, 5.74) is 1.35. The number of halogens is 2. The minimum Gasteiger partial charge on any atom is -0.0843 e. The fourth-order valence-electron chi connectivity index (χ4n) is 1.43. The molecule has 0 saturated heterocycles. The quantitative estimate of drug-likeness (QED) is 0.540. The second-order valence-corrected chi connectivity index (χ2v) is 4.12. The van der Waals surface area contributed by atoms with Gasteiger partial charge in [0, 0.05) is 9.45 Å². The molecule has 0 bridgehead atoms. The van der Waals surface area contributed by atoms with Gasteiger partial charge in [-0.2, -0.15) is 0 Å². The lowest BCUT2D eigenvalue weighted by Crippen LogP contribution is -1.80. The molecular weight excluding hydrogens is 294 g/mol. The van der Waals surface area contributed by atoms with Gasteiger partial charge < -0.3 is 0 Å². The average molecular weight is 303 g/mol. The Morgan fingerprint density at radius 2 is 2.00 bits per heavy atom. The van der Waals surface area contributed by atoms with Crippen molar-refractivity contribution in [3.05, 3.63) is 47.0 Å². The number of fused-ring (bicyclic) bond motifs is 1. The van der Waals surface area contributed by atoms with Gasteiger partial charge in [-0.3, -0.25) is 0 Å². The van der Waals surface area contributed by atoms with Crippen LogP contribution in [0.3, 0.4) is 0 Å². The van der Waals surface area contributed by atoms with E-state index in [9.17, 15) is 0 Å². The van der Waals surface area contributed by atoms with Gasteiger partial charge in [-0.15, -0.1) is 0 Å². The molecule has 0 atom stereocenters. The van der Waals surface area contributed by atoms with Crippen LogP contribution < -0.4 is 0 Å². The van der Waals surface area contributed by atoms with Gasteiger partial charge in [0.05, 0.1) is 0 Å². The van der Waals surface area contributed by atoms with Gasteiger partial charge in [0.15, 0.2) is 0 Å². The second kappa shape index (κ2) is 3.84. The number of rotatable bonds is 1. The van der Waals surface area contributed by atoms with Gasteiger partial charge in [-0.25, -0.2) is 0 Å². The molecule has 0 saturated carbocycles. The third kappa shape index (κ3) is 1.81.